The van der Waals surface area contributed by atoms with Crippen molar-refractivity contribution < 1.29 is 4.74 Å². The predicted octanol–water partition coefficient (Wildman–Crippen LogP) is 1.81. The standard InChI is InChI=1S/C25H30N8O3/c1-30(2)11-12-31(3)20-14-21(36-5)19(13-18(20)26)28-24-27-15-17-22(29-24)33(16-9-7-6-8-10-16)25(35)32(4)23(17)34/h6-10,13-15H,11-12,26H2,1-5H3,(H,27,28,29). The zero-order valence-corrected chi connectivity index (χ0v) is 21.0. The summed E-state index contributed by atoms with van der Waals surface area (Å²) in [5.74, 6) is 0.732. The van der Waals surface area contributed by atoms with Crippen LogP contribution in [-0.4, -0.2) is 65.3 Å². The number of nitrogens with one attached hydrogen (secondary N) is 1. The number of methoxy groups -OCH3 is 1. The van der Waals surface area contributed by atoms with E-state index in [-0.39, 0.29) is 17.0 Å². The van der Waals surface area contributed by atoms with Crippen LogP contribution in [0.5, 0.6) is 5.75 Å². The molecule has 3 N–H and O–H groups in total. The van der Waals surface area contributed by atoms with Crippen LogP contribution in [0.3, 0.4) is 0 Å². The number of ether oxygens (including phenoxy) is 1. The maximum Gasteiger partial charge on any atom is 0.337 e. The van der Waals surface area contributed by atoms with Gasteiger partial charge in [-0.25, -0.2) is 14.3 Å². The second-order valence-electron chi connectivity index (χ2n) is 8.71. The van der Waals surface area contributed by atoms with E-state index >= 15 is 0 Å². The molecule has 0 unspecified atom stereocenters. The first-order valence-electron chi connectivity index (χ1n) is 11.4. The van der Waals surface area contributed by atoms with Crippen LogP contribution in [0.4, 0.5) is 23.0 Å². The fourth-order valence-electron chi connectivity index (χ4n) is 3.85. The van der Waals surface area contributed by atoms with Crippen molar-refractivity contribution in [1.82, 2.24) is 24.0 Å². The lowest BCUT2D eigenvalue weighted by atomic mass is 10.2. The van der Waals surface area contributed by atoms with Crippen molar-refractivity contribution in [3.63, 3.8) is 0 Å². The second-order valence-corrected chi connectivity index (χ2v) is 8.71. The number of aromatic nitrogens is 4. The number of nitrogen functional groups attached to an aromatic ring is 1. The van der Waals surface area contributed by atoms with E-state index < -0.39 is 11.2 Å². The van der Waals surface area contributed by atoms with E-state index in [4.69, 9.17) is 10.5 Å². The van der Waals surface area contributed by atoms with Gasteiger partial charge in [-0.3, -0.25) is 9.36 Å². The lowest BCUT2D eigenvalue weighted by Gasteiger charge is -2.24. The molecular formula is C25H30N8O3. The summed E-state index contributed by atoms with van der Waals surface area (Å²) in [6.45, 7) is 1.65. The molecule has 0 amide bonds. The Kier molecular flexibility index (Phi) is 6.93. The second kappa shape index (κ2) is 10.1. The molecule has 0 fully saturated rings. The fraction of sp³-hybridized carbons (Fsp3) is 0.280. The van der Waals surface area contributed by atoms with E-state index in [9.17, 15) is 9.59 Å². The molecular weight excluding hydrogens is 460 g/mol. The molecule has 2 aromatic heterocycles. The summed E-state index contributed by atoms with van der Waals surface area (Å²) in [5, 5.41) is 3.35. The maximum absolute atomic E-state index is 13.0. The fourth-order valence-corrected chi connectivity index (χ4v) is 3.85. The number of nitrogens with zero attached hydrogens (tertiary/aromatic N) is 6. The summed E-state index contributed by atoms with van der Waals surface area (Å²) >= 11 is 0. The highest BCUT2D eigenvalue weighted by molar-refractivity contribution is 5.80. The quantitative estimate of drug-likeness (QED) is 0.356. The molecule has 0 spiro atoms. The van der Waals surface area contributed by atoms with Gasteiger partial charge in [-0.15, -0.1) is 0 Å². The van der Waals surface area contributed by atoms with Crippen LogP contribution in [0.25, 0.3) is 16.7 Å². The van der Waals surface area contributed by atoms with Gasteiger partial charge in [-0.1, -0.05) is 18.2 Å². The number of likely N-dealkylation sites (N-methyl/N-ethyl adjacent to an activating group) is 2. The summed E-state index contributed by atoms with van der Waals surface area (Å²) < 4.78 is 8.03. The summed E-state index contributed by atoms with van der Waals surface area (Å²) in [5.41, 5.74) is 8.11. The van der Waals surface area contributed by atoms with Gasteiger partial charge in [-0.2, -0.15) is 4.98 Å². The van der Waals surface area contributed by atoms with Gasteiger partial charge in [0.1, 0.15) is 11.1 Å². The van der Waals surface area contributed by atoms with E-state index in [1.54, 1.807) is 25.3 Å². The average molecular weight is 491 g/mol. The van der Waals surface area contributed by atoms with E-state index in [2.05, 4.69) is 25.1 Å². The van der Waals surface area contributed by atoms with Crippen LogP contribution >= 0.6 is 0 Å². The van der Waals surface area contributed by atoms with Gasteiger partial charge in [-0.05, 0) is 32.3 Å². The molecule has 0 saturated carbocycles. The number of nitrogens with two attached hydrogens (primary N) is 1. The largest absolute Gasteiger partial charge is 0.494 e. The Morgan fingerprint density at radius 2 is 1.81 bits per heavy atom. The third-order valence-electron chi connectivity index (χ3n) is 5.90. The number of para-hydroxylation sites is 1. The number of hydrogen-bond acceptors (Lipinski definition) is 9. The molecule has 11 heteroatoms. The molecule has 2 heterocycles. The molecule has 0 atom stereocenters. The number of rotatable bonds is 8. The predicted molar refractivity (Wildman–Crippen MR) is 143 cm³/mol. The van der Waals surface area contributed by atoms with Gasteiger partial charge in [0.15, 0.2) is 5.65 Å². The molecule has 4 rings (SSSR count). The molecule has 11 nitrogen and oxygen atoms in total. The van der Waals surface area contributed by atoms with Gasteiger partial charge >= 0.3 is 5.69 Å². The van der Waals surface area contributed by atoms with Crippen LogP contribution in [0.15, 0.2) is 58.3 Å². The van der Waals surface area contributed by atoms with E-state index in [0.29, 0.717) is 22.8 Å². The molecule has 0 saturated heterocycles. The Balaban J connectivity index is 1.78. The zero-order valence-electron chi connectivity index (χ0n) is 21.0. The number of anilines is 4. The minimum atomic E-state index is -0.504. The number of hydrogen-bond donors (Lipinski definition) is 2. The normalized spacial score (nSPS) is 11.2. The van der Waals surface area contributed by atoms with Crippen molar-refractivity contribution in [3.8, 4) is 11.4 Å². The topological polar surface area (TPSA) is 124 Å². The monoisotopic (exact) mass is 490 g/mol. The smallest absolute Gasteiger partial charge is 0.337 e. The molecule has 4 aromatic rings. The van der Waals surface area contributed by atoms with Gasteiger partial charge in [0, 0.05) is 39.4 Å². The van der Waals surface area contributed by atoms with Crippen LogP contribution in [0, 0.1) is 0 Å². The zero-order chi connectivity index (χ0) is 26.0. The highest BCUT2D eigenvalue weighted by Gasteiger charge is 2.17. The average Bonchev–Trinajstić information content (AvgIpc) is 2.87. The SMILES string of the molecule is COc1cc(N(C)CCN(C)C)c(N)cc1Nc1ncc2c(=O)n(C)c(=O)n(-c3ccccc3)c2n1. The first-order valence-corrected chi connectivity index (χ1v) is 11.4. The molecule has 2 aromatic carbocycles. The Hall–Kier alpha value is -4.38. The third kappa shape index (κ3) is 4.73. The minimum absolute atomic E-state index is 0.186. The maximum atomic E-state index is 13.0. The molecule has 0 radical (unpaired) electrons. The lowest BCUT2D eigenvalue weighted by molar-refractivity contribution is 0.413. The van der Waals surface area contributed by atoms with Crippen molar-refractivity contribution in [2.45, 2.75) is 0 Å². The summed E-state index contributed by atoms with van der Waals surface area (Å²) in [6, 6.07) is 12.6. The molecule has 0 aliphatic heterocycles. The van der Waals surface area contributed by atoms with Crippen LogP contribution in [0.2, 0.25) is 0 Å². The Morgan fingerprint density at radius 3 is 2.47 bits per heavy atom. The third-order valence-corrected chi connectivity index (χ3v) is 5.90. The highest BCUT2D eigenvalue weighted by Crippen LogP contribution is 2.36. The molecule has 0 bridgehead atoms. The number of fused-ring (bicyclic) bond motifs is 1. The van der Waals surface area contributed by atoms with Crippen molar-refractivity contribution >= 4 is 34.0 Å². The van der Waals surface area contributed by atoms with Crippen molar-refractivity contribution in [2.75, 3.05) is 57.3 Å². The minimum Gasteiger partial charge on any atom is -0.494 e. The first-order chi connectivity index (χ1) is 17.2. The lowest BCUT2D eigenvalue weighted by Crippen LogP contribution is -2.38. The highest BCUT2D eigenvalue weighted by atomic mass is 16.5. The molecule has 36 heavy (non-hydrogen) atoms. The summed E-state index contributed by atoms with van der Waals surface area (Å²) in [4.78, 5) is 38.8. The van der Waals surface area contributed by atoms with Crippen LogP contribution in [0.1, 0.15) is 0 Å². The van der Waals surface area contributed by atoms with Gasteiger partial charge in [0.05, 0.1) is 29.9 Å². The van der Waals surface area contributed by atoms with E-state index in [0.717, 1.165) is 23.3 Å². The van der Waals surface area contributed by atoms with E-state index in [1.165, 1.54) is 17.8 Å². The molecule has 188 valence electrons. The van der Waals surface area contributed by atoms with Crippen molar-refractivity contribution in [2.24, 2.45) is 7.05 Å². The summed E-state index contributed by atoms with van der Waals surface area (Å²) in [7, 11) is 9.00. The van der Waals surface area contributed by atoms with Gasteiger partial charge in [0.2, 0.25) is 5.95 Å². The van der Waals surface area contributed by atoms with Crippen molar-refractivity contribution in [3.05, 3.63) is 69.5 Å². The number of benzene rings is 2. The van der Waals surface area contributed by atoms with Crippen LogP contribution in [-0.2, 0) is 7.05 Å². The Bertz CT molecular complexity index is 1510. The Morgan fingerprint density at radius 1 is 1.08 bits per heavy atom. The van der Waals surface area contributed by atoms with Gasteiger partial charge in [0.25, 0.3) is 5.56 Å². The van der Waals surface area contributed by atoms with Gasteiger partial charge < -0.3 is 25.6 Å². The van der Waals surface area contributed by atoms with E-state index in [1.807, 2.05) is 45.4 Å². The first kappa shape index (κ1) is 24.7. The van der Waals surface area contributed by atoms with Crippen molar-refractivity contribution in [1.29, 1.82) is 0 Å². The van der Waals surface area contributed by atoms with Crippen LogP contribution < -0.4 is 31.9 Å². The Labute approximate surface area is 208 Å². The summed E-state index contributed by atoms with van der Waals surface area (Å²) in [6.07, 6.45) is 1.41. The molecule has 0 aliphatic carbocycles. The molecule has 0 aliphatic rings.